The molecule has 0 spiro atoms. The minimum atomic E-state index is -4.57. The third-order valence-corrected chi connectivity index (χ3v) is 4.73. The molecule has 1 saturated heterocycles. The van der Waals surface area contributed by atoms with Crippen LogP contribution in [0.1, 0.15) is 45.2 Å². The summed E-state index contributed by atoms with van der Waals surface area (Å²) in [6.45, 7) is 5.71. The number of amides is 1. The average Bonchev–Trinajstić information content (AvgIpc) is 2.84. The second-order valence-electron chi connectivity index (χ2n) is 7.39. The van der Waals surface area contributed by atoms with E-state index < -0.39 is 23.7 Å². The quantitative estimate of drug-likeness (QED) is 0.814. The summed E-state index contributed by atoms with van der Waals surface area (Å²) in [5.41, 5.74) is 1.54. The van der Waals surface area contributed by atoms with Gasteiger partial charge in [-0.25, -0.2) is 0 Å². The lowest BCUT2D eigenvalue weighted by Crippen LogP contribution is -2.51. The smallest absolute Gasteiger partial charge is 0.409 e. The Balaban J connectivity index is 2.16. The number of fused-ring (bicyclic) bond motifs is 1. The molecule has 7 heteroatoms. The van der Waals surface area contributed by atoms with Crippen molar-refractivity contribution in [3.63, 3.8) is 0 Å². The number of halogens is 3. The Bertz CT molecular complexity index is 849. The summed E-state index contributed by atoms with van der Waals surface area (Å²) >= 11 is 0. The van der Waals surface area contributed by atoms with E-state index in [-0.39, 0.29) is 12.0 Å². The van der Waals surface area contributed by atoms with Gasteiger partial charge in [0.1, 0.15) is 5.75 Å². The molecule has 146 valence electrons. The molecular weight excluding hydrogens is 357 g/mol. The molecule has 3 rings (SSSR count). The Morgan fingerprint density at radius 2 is 1.85 bits per heavy atom. The molecule has 0 bridgehead atoms. The van der Waals surface area contributed by atoms with E-state index in [9.17, 15) is 18.0 Å². The summed E-state index contributed by atoms with van der Waals surface area (Å²) < 4.78 is 48.1. The monoisotopic (exact) mass is 380 g/mol. The molecule has 1 atom stereocenters. The summed E-state index contributed by atoms with van der Waals surface area (Å²) in [4.78, 5) is 11.8. The van der Waals surface area contributed by atoms with Crippen molar-refractivity contribution in [1.29, 1.82) is 0 Å². The number of hydrazine groups is 1. The van der Waals surface area contributed by atoms with E-state index in [1.165, 1.54) is 6.07 Å². The van der Waals surface area contributed by atoms with Gasteiger partial charge in [0.05, 0.1) is 6.61 Å². The number of nitrogens with one attached hydrogen (secondary N) is 1. The molecule has 1 aliphatic rings. The van der Waals surface area contributed by atoms with Crippen LogP contribution >= 0.6 is 0 Å². The molecule has 0 aliphatic carbocycles. The number of alkyl halides is 3. The van der Waals surface area contributed by atoms with Crippen LogP contribution in [0, 0.1) is 0 Å². The maximum Gasteiger partial charge on any atom is 0.409 e. The Morgan fingerprint density at radius 1 is 1.19 bits per heavy atom. The second kappa shape index (κ2) is 7.03. The van der Waals surface area contributed by atoms with Gasteiger partial charge >= 0.3 is 6.18 Å². The molecule has 0 aromatic heterocycles. The molecular formula is C20H23F3N2O2. The molecule has 2 aromatic rings. The molecule has 0 saturated carbocycles. The van der Waals surface area contributed by atoms with E-state index in [0.29, 0.717) is 23.1 Å². The van der Waals surface area contributed by atoms with Gasteiger partial charge in [0.25, 0.3) is 0 Å². The van der Waals surface area contributed by atoms with Gasteiger partial charge in [0, 0.05) is 17.3 Å². The van der Waals surface area contributed by atoms with Crippen LogP contribution in [0.2, 0.25) is 0 Å². The summed E-state index contributed by atoms with van der Waals surface area (Å²) in [6.07, 6.45) is -3.76. The van der Waals surface area contributed by atoms with Crippen LogP contribution in [0.3, 0.4) is 0 Å². The standard InChI is InChI=1S/C20H23F3N2O2/c1-4-11-27-16-10-6-7-13-14(16)8-5-9-15(13)18(20(21,22)23)25-19(2,3)12-17(26)24-25/h5-10,18H,4,11-12H2,1-3H3,(H,24,26)/t18-/m0/s1. The van der Waals surface area contributed by atoms with E-state index in [2.05, 4.69) is 5.43 Å². The third-order valence-electron chi connectivity index (χ3n) is 4.73. The number of benzene rings is 2. The molecule has 0 unspecified atom stereocenters. The fraction of sp³-hybridized carbons (Fsp3) is 0.450. The van der Waals surface area contributed by atoms with Crippen LogP contribution < -0.4 is 10.2 Å². The number of carbonyl (C=O) groups excluding carboxylic acids is 1. The first-order valence-corrected chi connectivity index (χ1v) is 8.95. The molecule has 1 amide bonds. The van der Waals surface area contributed by atoms with Crippen LogP contribution in [0.25, 0.3) is 10.8 Å². The molecule has 0 radical (unpaired) electrons. The summed E-state index contributed by atoms with van der Waals surface area (Å²) in [6, 6.07) is 7.97. The predicted octanol–water partition coefficient (Wildman–Crippen LogP) is 4.75. The Kier molecular flexibility index (Phi) is 5.08. The van der Waals surface area contributed by atoms with Gasteiger partial charge in [-0.2, -0.15) is 18.2 Å². The number of hydrogen-bond donors (Lipinski definition) is 1. The van der Waals surface area contributed by atoms with Crippen molar-refractivity contribution < 1.29 is 22.7 Å². The van der Waals surface area contributed by atoms with Gasteiger partial charge in [-0.05, 0) is 37.3 Å². The molecule has 27 heavy (non-hydrogen) atoms. The Hall–Kier alpha value is -2.28. The van der Waals surface area contributed by atoms with Gasteiger partial charge in [-0.15, -0.1) is 0 Å². The number of rotatable bonds is 5. The second-order valence-corrected chi connectivity index (χ2v) is 7.39. The highest BCUT2D eigenvalue weighted by Gasteiger charge is 2.53. The SMILES string of the molecule is CCCOc1cccc2c([C@H](N3NC(=O)CC3(C)C)C(F)(F)F)cccc12. The van der Waals surface area contributed by atoms with E-state index in [1.54, 1.807) is 44.2 Å². The first kappa shape index (κ1) is 19.5. The molecule has 4 nitrogen and oxygen atoms in total. The summed E-state index contributed by atoms with van der Waals surface area (Å²) in [7, 11) is 0. The van der Waals surface area contributed by atoms with Crippen molar-refractivity contribution in [1.82, 2.24) is 10.4 Å². The average molecular weight is 380 g/mol. The van der Waals surface area contributed by atoms with E-state index in [0.717, 1.165) is 11.4 Å². The first-order valence-electron chi connectivity index (χ1n) is 8.95. The lowest BCUT2D eigenvalue weighted by molar-refractivity contribution is -0.203. The zero-order valence-electron chi connectivity index (χ0n) is 15.6. The predicted molar refractivity (Wildman–Crippen MR) is 97.2 cm³/mol. The Labute approximate surface area is 156 Å². The molecule has 1 heterocycles. The lowest BCUT2D eigenvalue weighted by Gasteiger charge is -2.38. The van der Waals surface area contributed by atoms with E-state index in [1.807, 2.05) is 6.92 Å². The fourth-order valence-corrected chi connectivity index (χ4v) is 3.56. The van der Waals surface area contributed by atoms with Gasteiger partial charge in [-0.3, -0.25) is 10.2 Å². The number of hydrogen-bond acceptors (Lipinski definition) is 3. The highest BCUT2D eigenvalue weighted by molar-refractivity contribution is 5.91. The van der Waals surface area contributed by atoms with Crippen LogP contribution in [-0.2, 0) is 4.79 Å². The zero-order valence-corrected chi connectivity index (χ0v) is 15.6. The molecule has 1 N–H and O–H groups in total. The maximum atomic E-state index is 14.1. The first-order chi connectivity index (χ1) is 12.6. The van der Waals surface area contributed by atoms with Gasteiger partial charge in [-0.1, -0.05) is 37.3 Å². The largest absolute Gasteiger partial charge is 0.493 e. The van der Waals surface area contributed by atoms with E-state index >= 15 is 0 Å². The van der Waals surface area contributed by atoms with Crippen LogP contribution in [0.15, 0.2) is 36.4 Å². The van der Waals surface area contributed by atoms with Crippen molar-refractivity contribution in [2.24, 2.45) is 0 Å². The van der Waals surface area contributed by atoms with Crippen LogP contribution in [-0.4, -0.2) is 29.2 Å². The van der Waals surface area contributed by atoms with Gasteiger partial charge < -0.3 is 4.74 Å². The molecule has 1 aliphatic heterocycles. The minimum absolute atomic E-state index is 0.00913. The van der Waals surface area contributed by atoms with Gasteiger partial charge in [0.15, 0.2) is 6.04 Å². The van der Waals surface area contributed by atoms with E-state index in [4.69, 9.17) is 4.74 Å². The summed E-state index contributed by atoms with van der Waals surface area (Å²) in [5, 5.41) is 2.12. The summed E-state index contributed by atoms with van der Waals surface area (Å²) in [5.74, 6) is 0.142. The van der Waals surface area contributed by atoms with Crippen LogP contribution in [0.5, 0.6) is 5.75 Å². The Morgan fingerprint density at radius 3 is 2.44 bits per heavy atom. The van der Waals surface area contributed by atoms with Crippen LogP contribution in [0.4, 0.5) is 13.2 Å². The minimum Gasteiger partial charge on any atom is -0.493 e. The number of carbonyl (C=O) groups is 1. The van der Waals surface area contributed by atoms with Crippen molar-refractivity contribution in [3.05, 3.63) is 42.0 Å². The molecule has 2 aromatic carbocycles. The number of ether oxygens (including phenoxy) is 1. The van der Waals surface area contributed by atoms with Gasteiger partial charge in [0.2, 0.25) is 5.91 Å². The normalized spacial score (nSPS) is 18.5. The third kappa shape index (κ3) is 3.74. The lowest BCUT2D eigenvalue weighted by atomic mass is 9.93. The van der Waals surface area contributed by atoms with Crippen molar-refractivity contribution in [3.8, 4) is 5.75 Å². The fourth-order valence-electron chi connectivity index (χ4n) is 3.56. The highest BCUT2D eigenvalue weighted by Crippen LogP contribution is 2.45. The van der Waals surface area contributed by atoms with Crippen molar-refractivity contribution in [2.45, 2.75) is 51.4 Å². The topological polar surface area (TPSA) is 41.6 Å². The maximum absolute atomic E-state index is 14.1. The number of nitrogens with zero attached hydrogens (tertiary/aromatic N) is 1. The molecule has 1 fully saturated rings. The highest BCUT2D eigenvalue weighted by atomic mass is 19.4. The zero-order chi connectivity index (χ0) is 19.8. The van der Waals surface area contributed by atoms with Crippen molar-refractivity contribution >= 4 is 16.7 Å². The van der Waals surface area contributed by atoms with Crippen molar-refractivity contribution in [2.75, 3.05) is 6.61 Å².